The van der Waals surface area contributed by atoms with E-state index in [0.717, 1.165) is 36.0 Å². The molecule has 1 saturated heterocycles. The maximum atomic E-state index is 13.1. The van der Waals surface area contributed by atoms with Crippen molar-refractivity contribution in [3.63, 3.8) is 0 Å². The smallest absolute Gasteiger partial charge is 0.243 e. The predicted octanol–water partition coefficient (Wildman–Crippen LogP) is 2.22. The Kier molecular flexibility index (Phi) is 4.61. The lowest BCUT2D eigenvalue weighted by Gasteiger charge is -2.33. The number of piperidine rings is 1. The molecule has 0 bridgehead atoms. The molecule has 1 N–H and O–H groups in total. The first kappa shape index (κ1) is 17.9. The fourth-order valence-corrected chi connectivity index (χ4v) is 5.06. The number of aromatic nitrogens is 3. The molecule has 3 aromatic rings. The molecule has 27 heavy (non-hydrogen) atoms. The van der Waals surface area contributed by atoms with Crippen LogP contribution in [0.2, 0.25) is 0 Å². The molecule has 3 heterocycles. The molecule has 0 aliphatic carbocycles. The van der Waals surface area contributed by atoms with E-state index in [1.807, 2.05) is 38.5 Å². The summed E-state index contributed by atoms with van der Waals surface area (Å²) in [6.07, 6.45) is 7.20. The Bertz CT molecular complexity index is 1080. The van der Waals surface area contributed by atoms with Crippen molar-refractivity contribution in [2.45, 2.75) is 30.7 Å². The lowest BCUT2D eigenvalue weighted by Crippen LogP contribution is -2.47. The van der Waals surface area contributed by atoms with Gasteiger partial charge in [0.05, 0.1) is 17.4 Å². The number of para-hydroxylation sites is 1. The van der Waals surface area contributed by atoms with Crippen LogP contribution in [-0.2, 0) is 17.1 Å². The Morgan fingerprint density at radius 3 is 2.89 bits per heavy atom. The van der Waals surface area contributed by atoms with E-state index in [0.29, 0.717) is 12.1 Å². The van der Waals surface area contributed by atoms with Crippen LogP contribution in [0.4, 0.5) is 5.69 Å². The maximum absolute atomic E-state index is 13.1. The van der Waals surface area contributed by atoms with Crippen LogP contribution in [0.15, 0.2) is 47.8 Å². The maximum Gasteiger partial charge on any atom is 0.243 e. The molecule has 1 atom stereocenters. The van der Waals surface area contributed by atoms with E-state index in [1.54, 1.807) is 23.0 Å². The van der Waals surface area contributed by atoms with E-state index in [4.69, 9.17) is 0 Å². The van der Waals surface area contributed by atoms with Crippen LogP contribution in [0.1, 0.15) is 18.4 Å². The number of hydrogen-bond acceptors (Lipinski definition) is 5. The molecule has 0 radical (unpaired) electrons. The number of nitrogens with zero attached hydrogens (tertiary/aromatic N) is 4. The van der Waals surface area contributed by atoms with Gasteiger partial charge in [0.15, 0.2) is 0 Å². The minimum Gasteiger partial charge on any atom is -0.367 e. The average molecular weight is 385 g/mol. The van der Waals surface area contributed by atoms with Crippen molar-refractivity contribution in [3.05, 3.63) is 48.4 Å². The summed E-state index contributed by atoms with van der Waals surface area (Å²) in [4.78, 5) is 6.77. The van der Waals surface area contributed by atoms with Gasteiger partial charge < -0.3 is 4.90 Å². The predicted molar refractivity (Wildman–Crippen MR) is 105 cm³/mol. The summed E-state index contributed by atoms with van der Waals surface area (Å²) in [5.74, 6) is 0. The van der Waals surface area contributed by atoms with Gasteiger partial charge in [0, 0.05) is 44.0 Å². The molecule has 4 rings (SSSR count). The van der Waals surface area contributed by atoms with E-state index in [-0.39, 0.29) is 10.9 Å². The number of pyridine rings is 1. The third kappa shape index (κ3) is 3.68. The summed E-state index contributed by atoms with van der Waals surface area (Å²) in [6, 6.07) is 7.07. The van der Waals surface area contributed by atoms with Crippen molar-refractivity contribution in [3.8, 4) is 0 Å². The third-order valence-corrected chi connectivity index (χ3v) is 6.45. The Morgan fingerprint density at radius 1 is 1.26 bits per heavy atom. The largest absolute Gasteiger partial charge is 0.367 e. The first-order valence-electron chi connectivity index (χ1n) is 9.04. The highest BCUT2D eigenvalue weighted by Crippen LogP contribution is 2.24. The molecule has 0 saturated carbocycles. The summed E-state index contributed by atoms with van der Waals surface area (Å²) < 4.78 is 30.8. The molecular weight excluding hydrogens is 362 g/mol. The van der Waals surface area contributed by atoms with E-state index >= 15 is 0 Å². The second-order valence-corrected chi connectivity index (χ2v) is 8.80. The summed E-state index contributed by atoms with van der Waals surface area (Å²) >= 11 is 0. The number of hydrogen-bond donors (Lipinski definition) is 1. The van der Waals surface area contributed by atoms with Crippen LogP contribution in [-0.4, -0.2) is 42.3 Å². The van der Waals surface area contributed by atoms with Crippen molar-refractivity contribution in [1.82, 2.24) is 19.5 Å². The topological polar surface area (TPSA) is 80.1 Å². The van der Waals surface area contributed by atoms with Gasteiger partial charge in [-0.15, -0.1) is 0 Å². The lowest BCUT2D eigenvalue weighted by molar-refractivity contribution is 0.466. The summed E-state index contributed by atoms with van der Waals surface area (Å²) in [7, 11) is -1.78. The van der Waals surface area contributed by atoms with Gasteiger partial charge in [-0.1, -0.05) is 12.1 Å². The zero-order valence-corrected chi connectivity index (χ0v) is 16.3. The molecule has 1 fully saturated rings. The first-order valence-corrected chi connectivity index (χ1v) is 10.5. The average Bonchev–Trinajstić information content (AvgIpc) is 3.07. The lowest BCUT2D eigenvalue weighted by atomic mass is 10.1. The minimum absolute atomic E-state index is 0.148. The highest BCUT2D eigenvalue weighted by atomic mass is 32.2. The number of rotatable bonds is 4. The van der Waals surface area contributed by atoms with Gasteiger partial charge >= 0.3 is 0 Å². The molecule has 1 aliphatic heterocycles. The summed E-state index contributed by atoms with van der Waals surface area (Å²) in [6.45, 7) is 3.47. The molecule has 0 unspecified atom stereocenters. The van der Waals surface area contributed by atoms with Crippen LogP contribution >= 0.6 is 0 Å². The number of aryl methyl sites for hydroxylation is 2. The van der Waals surface area contributed by atoms with Crippen LogP contribution in [0.5, 0.6) is 0 Å². The second-order valence-electron chi connectivity index (χ2n) is 7.12. The van der Waals surface area contributed by atoms with Gasteiger partial charge in [-0.25, -0.2) is 13.1 Å². The van der Waals surface area contributed by atoms with Crippen LogP contribution in [0.3, 0.4) is 0 Å². The molecule has 0 spiro atoms. The van der Waals surface area contributed by atoms with Crippen LogP contribution < -0.4 is 9.62 Å². The highest BCUT2D eigenvalue weighted by molar-refractivity contribution is 7.89. The van der Waals surface area contributed by atoms with Crippen molar-refractivity contribution < 1.29 is 8.42 Å². The number of nitrogens with one attached hydrogen (secondary N) is 1. The fourth-order valence-electron chi connectivity index (χ4n) is 3.62. The Balaban J connectivity index is 1.58. The first-order chi connectivity index (χ1) is 12.9. The summed E-state index contributed by atoms with van der Waals surface area (Å²) in [5.41, 5.74) is 2.53. The summed E-state index contributed by atoms with van der Waals surface area (Å²) in [5, 5.41) is 5.04. The Morgan fingerprint density at radius 2 is 2.11 bits per heavy atom. The SMILES string of the molecule is Cc1cnc2c(S(=O)(=O)N[C@H]3CCCN(c4cnn(C)c4)C3)cccc2c1. The van der Waals surface area contributed by atoms with E-state index in [9.17, 15) is 8.42 Å². The Hall–Kier alpha value is -2.45. The standard InChI is InChI=1S/C19H23N5O2S/c1-14-9-15-5-3-7-18(19(15)20-10-14)27(25,26)22-16-6-4-8-24(12-16)17-11-21-23(2)13-17/h3,5,7,9-11,13,16,22H,4,6,8,12H2,1-2H3/t16-/m0/s1. The monoisotopic (exact) mass is 385 g/mol. The van der Waals surface area contributed by atoms with Crippen molar-refractivity contribution in [1.29, 1.82) is 0 Å². The zero-order valence-electron chi connectivity index (χ0n) is 15.5. The Labute approximate surface area is 159 Å². The number of sulfonamides is 1. The van der Waals surface area contributed by atoms with Gasteiger partial charge in [0.2, 0.25) is 10.0 Å². The molecule has 7 nitrogen and oxygen atoms in total. The molecule has 8 heteroatoms. The molecular formula is C19H23N5O2S. The van der Waals surface area contributed by atoms with E-state index in [2.05, 4.69) is 19.7 Å². The van der Waals surface area contributed by atoms with Gasteiger partial charge in [-0.3, -0.25) is 9.67 Å². The third-order valence-electron chi connectivity index (χ3n) is 4.90. The van der Waals surface area contributed by atoms with Crippen LogP contribution in [0.25, 0.3) is 10.9 Å². The molecule has 1 aliphatic rings. The van der Waals surface area contributed by atoms with Crippen molar-refractivity contribution >= 4 is 26.6 Å². The number of fused-ring (bicyclic) bond motifs is 1. The molecule has 1 aromatic carbocycles. The molecule has 0 amide bonds. The highest BCUT2D eigenvalue weighted by Gasteiger charge is 2.27. The minimum atomic E-state index is -3.66. The van der Waals surface area contributed by atoms with Crippen LogP contribution in [0, 0.1) is 6.92 Å². The number of benzene rings is 1. The molecule has 2 aromatic heterocycles. The second kappa shape index (κ2) is 6.94. The van der Waals surface area contributed by atoms with Gasteiger partial charge in [-0.05, 0) is 37.5 Å². The zero-order chi connectivity index (χ0) is 19.0. The number of anilines is 1. The van der Waals surface area contributed by atoms with E-state index in [1.165, 1.54) is 0 Å². The van der Waals surface area contributed by atoms with Gasteiger partial charge in [0.25, 0.3) is 0 Å². The van der Waals surface area contributed by atoms with Gasteiger partial charge in [-0.2, -0.15) is 5.10 Å². The quantitative estimate of drug-likeness (QED) is 0.745. The fraction of sp³-hybridized carbons (Fsp3) is 0.368. The van der Waals surface area contributed by atoms with E-state index < -0.39 is 10.0 Å². The normalized spacial score (nSPS) is 18.1. The van der Waals surface area contributed by atoms with Gasteiger partial charge in [0.1, 0.15) is 4.90 Å². The van der Waals surface area contributed by atoms with Crippen molar-refractivity contribution in [2.75, 3.05) is 18.0 Å². The van der Waals surface area contributed by atoms with Crippen molar-refractivity contribution in [2.24, 2.45) is 7.05 Å². The molecule has 142 valence electrons.